The number of primary amides is 1. The molecule has 0 bridgehead atoms. The Kier molecular flexibility index (Phi) is 11.7. The number of benzene rings is 1. The summed E-state index contributed by atoms with van der Waals surface area (Å²) in [7, 11) is 0. The van der Waals surface area contributed by atoms with Gasteiger partial charge in [-0.25, -0.2) is 4.79 Å². The molecule has 0 saturated heterocycles. The van der Waals surface area contributed by atoms with Crippen LogP contribution in [0.25, 0.3) is 0 Å². The highest BCUT2D eigenvalue weighted by Gasteiger charge is 2.38. The molecule has 3 unspecified atom stereocenters. The Labute approximate surface area is 213 Å². The van der Waals surface area contributed by atoms with Crippen LogP contribution in [0.4, 0.5) is 4.79 Å². The summed E-state index contributed by atoms with van der Waals surface area (Å²) < 4.78 is 5.31. The van der Waals surface area contributed by atoms with E-state index in [1.807, 2.05) is 13.8 Å². The van der Waals surface area contributed by atoms with Crippen molar-refractivity contribution < 1.29 is 29.0 Å². The van der Waals surface area contributed by atoms with E-state index in [0.29, 0.717) is 5.56 Å². The predicted octanol–water partition coefficient (Wildman–Crippen LogP) is 3.13. The molecule has 10 nitrogen and oxygen atoms in total. The van der Waals surface area contributed by atoms with E-state index in [4.69, 9.17) is 10.5 Å². The van der Waals surface area contributed by atoms with Crippen LogP contribution >= 0.6 is 0 Å². The predicted molar refractivity (Wildman–Crippen MR) is 137 cm³/mol. The Hall–Kier alpha value is -3.30. The van der Waals surface area contributed by atoms with E-state index >= 15 is 0 Å². The summed E-state index contributed by atoms with van der Waals surface area (Å²) in [5.74, 6) is -1.56. The summed E-state index contributed by atoms with van der Waals surface area (Å²) in [5, 5.41) is 15.3. The Morgan fingerprint density at radius 3 is 2.08 bits per heavy atom. The first-order valence-electron chi connectivity index (χ1n) is 12.4. The Bertz CT molecular complexity index is 895. The average Bonchev–Trinajstić information content (AvgIpc) is 2.73. The van der Waals surface area contributed by atoms with Gasteiger partial charge in [0.1, 0.15) is 23.4 Å². The maximum Gasteiger partial charge on any atom is 0.408 e. The van der Waals surface area contributed by atoms with Crippen molar-refractivity contribution in [3.05, 3.63) is 29.8 Å². The van der Waals surface area contributed by atoms with Crippen LogP contribution in [0.1, 0.15) is 85.8 Å². The number of aromatic hydroxyl groups is 1. The van der Waals surface area contributed by atoms with Crippen LogP contribution in [0.3, 0.4) is 0 Å². The summed E-state index contributed by atoms with van der Waals surface area (Å²) in [6, 6.07) is 3.25. The van der Waals surface area contributed by atoms with Crippen LogP contribution in [-0.4, -0.2) is 57.5 Å². The van der Waals surface area contributed by atoms with Crippen molar-refractivity contribution in [2.75, 3.05) is 0 Å². The third-order valence-electron chi connectivity index (χ3n) is 5.32. The van der Waals surface area contributed by atoms with E-state index < -0.39 is 47.5 Å². The number of hydrogen-bond acceptors (Lipinski definition) is 6. The molecule has 1 rings (SSSR count). The molecule has 1 aromatic rings. The Morgan fingerprint density at radius 1 is 1.03 bits per heavy atom. The number of amides is 4. The molecule has 0 fully saturated rings. The number of nitrogens with one attached hydrogen (secondary N) is 2. The summed E-state index contributed by atoms with van der Waals surface area (Å²) in [6.45, 7) is 12.5. The van der Waals surface area contributed by atoms with Gasteiger partial charge in [0.2, 0.25) is 17.7 Å². The van der Waals surface area contributed by atoms with Crippen molar-refractivity contribution in [3.8, 4) is 5.75 Å². The number of phenolic OH excluding ortho intramolecular Hbond substituents is 1. The normalized spacial score (nSPS) is 13.9. The fourth-order valence-corrected chi connectivity index (χ4v) is 3.78. The minimum Gasteiger partial charge on any atom is -0.508 e. The number of carbonyl (C=O) groups is 4. The SMILES string of the molecule is CCCC(C)NC(=O)C(c1ccc(O)cc1)N(C(=O)C(CCC(N)=O)NC(=O)OC(C)(C)C)C(C)C. The van der Waals surface area contributed by atoms with Crippen molar-refractivity contribution in [3.63, 3.8) is 0 Å². The molecule has 0 spiro atoms. The largest absolute Gasteiger partial charge is 0.508 e. The molecule has 0 aliphatic heterocycles. The molecule has 0 aliphatic rings. The van der Waals surface area contributed by atoms with E-state index in [1.165, 1.54) is 17.0 Å². The summed E-state index contributed by atoms with van der Waals surface area (Å²) >= 11 is 0. The van der Waals surface area contributed by atoms with Crippen LogP contribution < -0.4 is 16.4 Å². The van der Waals surface area contributed by atoms with E-state index in [-0.39, 0.29) is 24.6 Å². The molecule has 0 radical (unpaired) electrons. The number of carbonyl (C=O) groups excluding carboxylic acids is 4. The van der Waals surface area contributed by atoms with Gasteiger partial charge in [0, 0.05) is 18.5 Å². The van der Waals surface area contributed by atoms with Gasteiger partial charge in [-0.3, -0.25) is 14.4 Å². The lowest BCUT2D eigenvalue weighted by Gasteiger charge is -2.37. The number of phenols is 1. The van der Waals surface area contributed by atoms with Gasteiger partial charge < -0.3 is 31.1 Å². The molecule has 0 saturated carbocycles. The van der Waals surface area contributed by atoms with E-state index in [2.05, 4.69) is 10.6 Å². The summed E-state index contributed by atoms with van der Waals surface area (Å²) in [5.41, 5.74) is 5.00. The molecule has 0 heterocycles. The lowest BCUT2D eigenvalue weighted by Crippen LogP contribution is -2.55. The van der Waals surface area contributed by atoms with E-state index in [9.17, 15) is 24.3 Å². The molecular formula is C26H42N4O6. The Morgan fingerprint density at radius 2 is 1.61 bits per heavy atom. The lowest BCUT2D eigenvalue weighted by atomic mass is 9.99. The molecule has 4 amide bonds. The maximum absolute atomic E-state index is 13.9. The molecule has 36 heavy (non-hydrogen) atoms. The zero-order chi connectivity index (χ0) is 27.6. The Balaban J connectivity index is 3.45. The van der Waals surface area contributed by atoms with Crippen molar-refractivity contribution in [2.24, 2.45) is 5.73 Å². The lowest BCUT2D eigenvalue weighted by molar-refractivity contribution is -0.145. The number of alkyl carbamates (subject to hydrolysis) is 1. The number of hydrogen-bond donors (Lipinski definition) is 4. The molecule has 3 atom stereocenters. The van der Waals surface area contributed by atoms with Gasteiger partial charge in [0.05, 0.1) is 0 Å². The molecule has 0 aromatic heterocycles. The van der Waals surface area contributed by atoms with Gasteiger partial charge in [0.15, 0.2) is 0 Å². The van der Waals surface area contributed by atoms with E-state index in [1.54, 1.807) is 46.8 Å². The number of ether oxygens (including phenoxy) is 1. The zero-order valence-corrected chi connectivity index (χ0v) is 22.5. The zero-order valence-electron chi connectivity index (χ0n) is 22.5. The van der Waals surface area contributed by atoms with Crippen molar-refractivity contribution in [1.82, 2.24) is 15.5 Å². The average molecular weight is 507 g/mol. The van der Waals surface area contributed by atoms with Crippen molar-refractivity contribution in [1.29, 1.82) is 0 Å². The monoisotopic (exact) mass is 506 g/mol. The van der Waals surface area contributed by atoms with Gasteiger partial charge in [0.25, 0.3) is 0 Å². The van der Waals surface area contributed by atoms with Crippen LogP contribution in [-0.2, 0) is 19.1 Å². The first-order valence-corrected chi connectivity index (χ1v) is 12.4. The first-order chi connectivity index (χ1) is 16.7. The highest BCUT2D eigenvalue weighted by Crippen LogP contribution is 2.27. The second kappa shape index (κ2) is 13.7. The molecule has 202 valence electrons. The minimum absolute atomic E-state index is 0.0191. The highest BCUT2D eigenvalue weighted by molar-refractivity contribution is 5.92. The van der Waals surface area contributed by atoms with Gasteiger partial charge >= 0.3 is 6.09 Å². The van der Waals surface area contributed by atoms with Crippen LogP contribution in [0.15, 0.2) is 24.3 Å². The number of nitrogens with zero attached hydrogens (tertiary/aromatic N) is 1. The van der Waals surface area contributed by atoms with Gasteiger partial charge in [-0.1, -0.05) is 25.5 Å². The third-order valence-corrected chi connectivity index (χ3v) is 5.32. The van der Waals surface area contributed by atoms with Crippen molar-refractivity contribution >= 4 is 23.8 Å². The second-order valence-corrected chi connectivity index (χ2v) is 10.2. The van der Waals surface area contributed by atoms with Gasteiger partial charge in [-0.15, -0.1) is 0 Å². The van der Waals surface area contributed by atoms with Crippen LogP contribution in [0.5, 0.6) is 5.75 Å². The van der Waals surface area contributed by atoms with E-state index in [0.717, 1.165) is 12.8 Å². The van der Waals surface area contributed by atoms with Crippen LogP contribution in [0.2, 0.25) is 0 Å². The molecule has 10 heteroatoms. The summed E-state index contributed by atoms with van der Waals surface area (Å²) in [6.07, 6.45) is 0.587. The summed E-state index contributed by atoms with van der Waals surface area (Å²) in [4.78, 5) is 52.8. The fourth-order valence-electron chi connectivity index (χ4n) is 3.78. The molecule has 1 aromatic carbocycles. The molecule has 5 N–H and O–H groups in total. The topological polar surface area (TPSA) is 151 Å². The van der Waals surface area contributed by atoms with Crippen molar-refractivity contribution in [2.45, 2.75) is 104 Å². The number of nitrogens with two attached hydrogens (primary N) is 1. The number of rotatable bonds is 12. The fraction of sp³-hybridized carbons (Fsp3) is 0.615. The first kappa shape index (κ1) is 30.7. The van der Waals surface area contributed by atoms with Gasteiger partial charge in [-0.2, -0.15) is 0 Å². The highest BCUT2D eigenvalue weighted by atomic mass is 16.6. The van der Waals surface area contributed by atoms with Gasteiger partial charge in [-0.05, 0) is 72.1 Å². The standard InChI is InChI=1S/C26H42N4O6/c1-8-9-17(4)28-23(33)22(18-10-12-19(31)13-11-18)30(16(2)3)24(34)20(14-15-21(27)32)29-25(35)36-26(5,6)7/h10-13,16-17,20,22,31H,8-9,14-15H2,1-7H3,(H2,27,32)(H,28,33)(H,29,35). The third kappa shape index (κ3) is 10.1. The minimum atomic E-state index is -1.16. The molecule has 0 aliphatic carbocycles. The quantitative estimate of drug-likeness (QED) is 0.342. The second-order valence-electron chi connectivity index (χ2n) is 10.2. The molecular weight excluding hydrogens is 464 g/mol. The van der Waals surface area contributed by atoms with Crippen LogP contribution in [0, 0.1) is 0 Å². The smallest absolute Gasteiger partial charge is 0.408 e. The maximum atomic E-state index is 13.9.